The third kappa shape index (κ3) is 2.57. The monoisotopic (exact) mass is 296 g/mol. The number of hydrogen-bond donors (Lipinski definition) is 1. The van der Waals surface area contributed by atoms with Gasteiger partial charge in [0.25, 0.3) is 0 Å². The van der Waals surface area contributed by atoms with Crippen LogP contribution in [0.1, 0.15) is 30.9 Å². The van der Waals surface area contributed by atoms with Crippen LogP contribution < -0.4 is 4.74 Å². The number of hydrogen-bond acceptors (Lipinski definition) is 3. The Balaban J connectivity index is 2.08. The summed E-state index contributed by atoms with van der Waals surface area (Å²) < 4.78 is 7.38. The van der Waals surface area contributed by atoms with Gasteiger partial charge in [-0.15, -0.1) is 0 Å². The SMILES string of the molecule is COc1ccc(-c2cn3cc(CO)ccc3n2)cc1C(C)C. The normalized spacial score (nSPS) is 11.3. The molecule has 4 heteroatoms. The minimum Gasteiger partial charge on any atom is -0.496 e. The average molecular weight is 296 g/mol. The summed E-state index contributed by atoms with van der Waals surface area (Å²) in [7, 11) is 1.70. The molecule has 0 bridgehead atoms. The minimum absolute atomic E-state index is 0.0312. The van der Waals surface area contributed by atoms with Crippen molar-refractivity contribution in [3.05, 3.63) is 53.9 Å². The smallest absolute Gasteiger partial charge is 0.137 e. The lowest BCUT2D eigenvalue weighted by atomic mass is 9.98. The van der Waals surface area contributed by atoms with Crippen LogP contribution in [0.25, 0.3) is 16.9 Å². The van der Waals surface area contributed by atoms with E-state index >= 15 is 0 Å². The first-order valence-corrected chi connectivity index (χ1v) is 7.39. The Morgan fingerprint density at radius 2 is 2.00 bits per heavy atom. The molecule has 0 aliphatic heterocycles. The number of benzene rings is 1. The first-order valence-electron chi connectivity index (χ1n) is 7.39. The molecule has 22 heavy (non-hydrogen) atoms. The van der Waals surface area contributed by atoms with E-state index in [9.17, 15) is 5.11 Å². The van der Waals surface area contributed by atoms with Crippen LogP contribution in [0.5, 0.6) is 5.75 Å². The molecule has 1 N–H and O–H groups in total. The fraction of sp³-hybridized carbons (Fsp3) is 0.278. The molecule has 114 valence electrons. The Morgan fingerprint density at radius 3 is 2.68 bits per heavy atom. The van der Waals surface area contributed by atoms with Gasteiger partial charge in [0.15, 0.2) is 0 Å². The number of pyridine rings is 1. The lowest BCUT2D eigenvalue weighted by molar-refractivity contribution is 0.281. The predicted octanol–water partition coefficient (Wildman–Crippen LogP) is 3.63. The molecular formula is C18H20N2O2. The van der Waals surface area contributed by atoms with Gasteiger partial charge in [-0.05, 0) is 41.3 Å². The van der Waals surface area contributed by atoms with E-state index in [0.29, 0.717) is 5.92 Å². The number of aromatic nitrogens is 2. The van der Waals surface area contributed by atoms with Crippen molar-refractivity contribution in [2.24, 2.45) is 0 Å². The maximum atomic E-state index is 9.23. The van der Waals surface area contributed by atoms with Crippen molar-refractivity contribution in [1.29, 1.82) is 0 Å². The van der Waals surface area contributed by atoms with Crippen molar-refractivity contribution in [3.8, 4) is 17.0 Å². The van der Waals surface area contributed by atoms with Crippen molar-refractivity contribution in [3.63, 3.8) is 0 Å². The molecule has 1 aromatic carbocycles. The molecule has 3 aromatic rings. The third-order valence-electron chi connectivity index (χ3n) is 3.84. The van der Waals surface area contributed by atoms with Crippen LogP contribution in [0.2, 0.25) is 0 Å². The second-order valence-corrected chi connectivity index (χ2v) is 5.70. The Hall–Kier alpha value is -2.33. The highest BCUT2D eigenvalue weighted by Crippen LogP contribution is 2.31. The molecule has 0 aliphatic carbocycles. The van der Waals surface area contributed by atoms with E-state index in [2.05, 4.69) is 24.9 Å². The minimum atomic E-state index is 0.0312. The standard InChI is InChI=1S/C18H20N2O2/c1-12(2)15-8-14(5-6-17(15)22-3)16-10-20-9-13(11-21)4-7-18(20)19-16/h4-10,12,21H,11H2,1-3H3. The number of rotatable bonds is 4. The fourth-order valence-electron chi connectivity index (χ4n) is 2.62. The van der Waals surface area contributed by atoms with E-state index in [1.165, 1.54) is 5.56 Å². The van der Waals surface area contributed by atoms with Crippen molar-refractivity contribution in [2.75, 3.05) is 7.11 Å². The molecule has 4 nitrogen and oxygen atoms in total. The number of aliphatic hydroxyl groups is 1. The van der Waals surface area contributed by atoms with E-state index < -0.39 is 0 Å². The molecule has 2 heterocycles. The Bertz CT molecular complexity index is 806. The summed E-state index contributed by atoms with van der Waals surface area (Å²) in [5.41, 5.74) is 4.90. The van der Waals surface area contributed by atoms with Gasteiger partial charge in [0, 0.05) is 18.0 Å². The molecule has 0 aliphatic rings. The Kier molecular flexibility index (Phi) is 3.86. The molecular weight excluding hydrogens is 276 g/mol. The summed E-state index contributed by atoms with van der Waals surface area (Å²) in [4.78, 5) is 4.65. The van der Waals surface area contributed by atoms with Crippen molar-refractivity contribution in [2.45, 2.75) is 26.4 Å². The average Bonchev–Trinajstić information content (AvgIpc) is 2.96. The summed E-state index contributed by atoms with van der Waals surface area (Å²) in [6.07, 6.45) is 3.89. The number of aliphatic hydroxyl groups excluding tert-OH is 1. The fourth-order valence-corrected chi connectivity index (χ4v) is 2.62. The molecule has 0 spiro atoms. The van der Waals surface area contributed by atoms with Crippen LogP contribution in [0.4, 0.5) is 0 Å². The molecule has 0 saturated heterocycles. The summed E-state index contributed by atoms with van der Waals surface area (Å²) in [5.74, 6) is 1.29. The summed E-state index contributed by atoms with van der Waals surface area (Å²) >= 11 is 0. The molecule has 0 unspecified atom stereocenters. The van der Waals surface area contributed by atoms with Crippen LogP contribution in [-0.2, 0) is 6.61 Å². The molecule has 0 fully saturated rings. The van der Waals surface area contributed by atoms with E-state index in [0.717, 1.165) is 28.2 Å². The van der Waals surface area contributed by atoms with Gasteiger partial charge in [-0.25, -0.2) is 4.98 Å². The number of imidazole rings is 1. The maximum absolute atomic E-state index is 9.23. The Labute approximate surface area is 130 Å². The zero-order chi connectivity index (χ0) is 15.7. The zero-order valence-corrected chi connectivity index (χ0v) is 13.1. The van der Waals surface area contributed by atoms with E-state index in [-0.39, 0.29) is 6.61 Å². The second-order valence-electron chi connectivity index (χ2n) is 5.70. The largest absolute Gasteiger partial charge is 0.496 e. The number of ether oxygens (including phenoxy) is 1. The van der Waals surface area contributed by atoms with Gasteiger partial charge in [0.1, 0.15) is 11.4 Å². The van der Waals surface area contributed by atoms with Crippen LogP contribution in [0.15, 0.2) is 42.7 Å². The van der Waals surface area contributed by atoms with Crippen LogP contribution in [-0.4, -0.2) is 21.6 Å². The highest BCUT2D eigenvalue weighted by Gasteiger charge is 2.11. The van der Waals surface area contributed by atoms with Gasteiger partial charge in [-0.2, -0.15) is 0 Å². The van der Waals surface area contributed by atoms with Gasteiger partial charge in [-0.3, -0.25) is 0 Å². The quantitative estimate of drug-likeness (QED) is 0.799. The highest BCUT2D eigenvalue weighted by atomic mass is 16.5. The molecule has 0 radical (unpaired) electrons. The Morgan fingerprint density at radius 1 is 1.18 bits per heavy atom. The molecule has 0 amide bonds. The van der Waals surface area contributed by atoms with Crippen LogP contribution >= 0.6 is 0 Å². The molecule has 0 saturated carbocycles. The number of fused-ring (bicyclic) bond motifs is 1. The van der Waals surface area contributed by atoms with Gasteiger partial charge in [-0.1, -0.05) is 19.9 Å². The van der Waals surface area contributed by atoms with Gasteiger partial charge < -0.3 is 14.2 Å². The van der Waals surface area contributed by atoms with Crippen molar-refractivity contribution >= 4 is 5.65 Å². The maximum Gasteiger partial charge on any atom is 0.137 e. The molecule has 0 atom stereocenters. The van der Waals surface area contributed by atoms with Crippen molar-refractivity contribution < 1.29 is 9.84 Å². The summed E-state index contributed by atoms with van der Waals surface area (Å²) in [6.45, 7) is 4.33. The topological polar surface area (TPSA) is 46.8 Å². The van der Waals surface area contributed by atoms with E-state index in [1.54, 1.807) is 7.11 Å². The molecule has 3 rings (SSSR count). The summed E-state index contributed by atoms with van der Waals surface area (Å²) in [6, 6.07) is 9.97. The van der Waals surface area contributed by atoms with Gasteiger partial charge in [0.2, 0.25) is 0 Å². The van der Waals surface area contributed by atoms with Crippen LogP contribution in [0, 0.1) is 0 Å². The highest BCUT2D eigenvalue weighted by molar-refractivity contribution is 5.65. The van der Waals surface area contributed by atoms with Gasteiger partial charge in [0.05, 0.1) is 19.4 Å². The van der Waals surface area contributed by atoms with E-state index in [4.69, 9.17) is 4.74 Å². The predicted molar refractivity (Wildman–Crippen MR) is 87.2 cm³/mol. The molecule has 2 aromatic heterocycles. The number of nitrogens with zero attached hydrogens (tertiary/aromatic N) is 2. The first-order chi connectivity index (χ1) is 10.6. The first kappa shape index (κ1) is 14.6. The summed E-state index contributed by atoms with van der Waals surface area (Å²) in [5, 5.41) is 9.23. The zero-order valence-electron chi connectivity index (χ0n) is 13.1. The van der Waals surface area contributed by atoms with E-state index in [1.807, 2.05) is 41.1 Å². The third-order valence-corrected chi connectivity index (χ3v) is 3.84. The second kappa shape index (κ2) is 5.81. The lowest BCUT2D eigenvalue weighted by Gasteiger charge is -2.12. The lowest BCUT2D eigenvalue weighted by Crippen LogP contribution is -1.94. The van der Waals surface area contributed by atoms with Crippen molar-refractivity contribution in [1.82, 2.24) is 9.38 Å². The van der Waals surface area contributed by atoms with Crippen LogP contribution in [0.3, 0.4) is 0 Å². The number of methoxy groups -OCH3 is 1. The van der Waals surface area contributed by atoms with Gasteiger partial charge >= 0.3 is 0 Å².